The SMILES string of the molecule is O=C(O)CC(c1cccc(Cl)c1)N1CC(CCl)CC1=O. The molecule has 1 fully saturated rings. The highest BCUT2D eigenvalue weighted by molar-refractivity contribution is 6.30. The molecule has 6 heteroatoms. The largest absolute Gasteiger partial charge is 0.481 e. The third-order valence-corrected chi connectivity index (χ3v) is 4.11. The number of likely N-dealkylation sites (tertiary alicyclic amines) is 1. The standard InChI is InChI=1S/C14H15Cl2NO3/c15-7-9-4-13(18)17(8-9)12(6-14(19)20)10-2-1-3-11(16)5-10/h1-3,5,9,12H,4,6-8H2,(H,19,20). The van der Waals surface area contributed by atoms with E-state index in [9.17, 15) is 9.59 Å². The van der Waals surface area contributed by atoms with Crippen molar-refractivity contribution in [1.82, 2.24) is 4.90 Å². The molecule has 0 spiro atoms. The molecule has 1 aliphatic rings. The van der Waals surface area contributed by atoms with Crippen molar-refractivity contribution in [3.63, 3.8) is 0 Å². The zero-order valence-corrected chi connectivity index (χ0v) is 12.3. The number of hydrogen-bond donors (Lipinski definition) is 1. The Bertz CT molecular complexity index is 521. The van der Waals surface area contributed by atoms with E-state index in [0.717, 1.165) is 5.56 Å². The summed E-state index contributed by atoms with van der Waals surface area (Å²) < 4.78 is 0. The number of carboxylic acids is 1. The highest BCUT2D eigenvalue weighted by Gasteiger charge is 2.35. The van der Waals surface area contributed by atoms with Crippen LogP contribution in [0, 0.1) is 5.92 Å². The lowest BCUT2D eigenvalue weighted by molar-refractivity contribution is -0.139. The Morgan fingerprint density at radius 3 is 2.80 bits per heavy atom. The molecule has 0 bridgehead atoms. The van der Waals surface area contributed by atoms with E-state index in [-0.39, 0.29) is 18.2 Å². The molecule has 1 N–H and O–H groups in total. The monoisotopic (exact) mass is 315 g/mol. The lowest BCUT2D eigenvalue weighted by atomic mass is 10.0. The van der Waals surface area contributed by atoms with E-state index >= 15 is 0 Å². The summed E-state index contributed by atoms with van der Waals surface area (Å²) in [7, 11) is 0. The number of alkyl halides is 1. The molecule has 108 valence electrons. The van der Waals surface area contributed by atoms with Gasteiger partial charge in [0, 0.05) is 23.9 Å². The van der Waals surface area contributed by atoms with Gasteiger partial charge in [0.2, 0.25) is 5.91 Å². The second-order valence-corrected chi connectivity index (χ2v) is 5.68. The van der Waals surface area contributed by atoms with Crippen molar-refractivity contribution in [2.24, 2.45) is 5.92 Å². The molecule has 1 aromatic carbocycles. The molecule has 1 amide bonds. The Labute approximate surface area is 127 Å². The summed E-state index contributed by atoms with van der Waals surface area (Å²) >= 11 is 11.8. The minimum Gasteiger partial charge on any atom is -0.481 e. The summed E-state index contributed by atoms with van der Waals surface area (Å²) in [5.74, 6) is -0.518. The van der Waals surface area contributed by atoms with E-state index in [1.54, 1.807) is 29.2 Å². The van der Waals surface area contributed by atoms with Crippen LogP contribution in [0.25, 0.3) is 0 Å². The first-order valence-corrected chi connectivity index (χ1v) is 7.25. The van der Waals surface area contributed by atoms with Gasteiger partial charge in [-0.1, -0.05) is 23.7 Å². The molecule has 0 radical (unpaired) electrons. The average Bonchev–Trinajstić information content (AvgIpc) is 2.77. The molecule has 0 aromatic heterocycles. The fourth-order valence-corrected chi connectivity index (χ4v) is 2.91. The molecule has 0 saturated carbocycles. The van der Waals surface area contributed by atoms with Gasteiger partial charge < -0.3 is 10.0 Å². The molecule has 2 atom stereocenters. The average molecular weight is 316 g/mol. The topological polar surface area (TPSA) is 57.6 Å². The number of carbonyl (C=O) groups excluding carboxylic acids is 1. The molecule has 2 unspecified atom stereocenters. The smallest absolute Gasteiger partial charge is 0.305 e. The Morgan fingerprint density at radius 1 is 1.50 bits per heavy atom. The van der Waals surface area contributed by atoms with Crippen LogP contribution in [0.3, 0.4) is 0 Å². The number of hydrogen-bond acceptors (Lipinski definition) is 2. The van der Waals surface area contributed by atoms with Gasteiger partial charge in [-0.2, -0.15) is 0 Å². The Kier molecular flexibility index (Phi) is 4.89. The number of halogens is 2. The number of carbonyl (C=O) groups is 2. The number of rotatable bonds is 5. The zero-order chi connectivity index (χ0) is 14.7. The number of amides is 1. The first-order valence-electron chi connectivity index (χ1n) is 6.34. The normalized spacial score (nSPS) is 20.2. The van der Waals surface area contributed by atoms with Crippen LogP contribution >= 0.6 is 23.2 Å². The number of carboxylic acid groups (broad SMARTS) is 1. The van der Waals surface area contributed by atoms with Crippen molar-refractivity contribution in [3.05, 3.63) is 34.9 Å². The van der Waals surface area contributed by atoms with Crippen molar-refractivity contribution < 1.29 is 14.7 Å². The van der Waals surface area contributed by atoms with Gasteiger partial charge in [-0.15, -0.1) is 11.6 Å². The van der Waals surface area contributed by atoms with Gasteiger partial charge in [-0.25, -0.2) is 0 Å². The summed E-state index contributed by atoms with van der Waals surface area (Å²) in [6.07, 6.45) is 0.237. The Hall–Kier alpha value is -1.26. The lowest BCUT2D eigenvalue weighted by Gasteiger charge is -2.27. The molecular weight excluding hydrogens is 301 g/mol. The molecule has 1 saturated heterocycles. The predicted octanol–water partition coefficient (Wildman–Crippen LogP) is 2.94. The molecule has 4 nitrogen and oxygen atoms in total. The summed E-state index contributed by atoms with van der Waals surface area (Å²) in [6.45, 7) is 0.493. The Morgan fingerprint density at radius 2 is 2.25 bits per heavy atom. The summed E-state index contributed by atoms with van der Waals surface area (Å²) in [4.78, 5) is 24.8. The maximum atomic E-state index is 12.1. The minimum atomic E-state index is -0.947. The highest BCUT2D eigenvalue weighted by Crippen LogP contribution is 2.32. The number of benzene rings is 1. The van der Waals surface area contributed by atoms with E-state index in [0.29, 0.717) is 23.9 Å². The van der Waals surface area contributed by atoms with Gasteiger partial charge in [0.1, 0.15) is 0 Å². The first kappa shape index (κ1) is 15.1. The van der Waals surface area contributed by atoms with Crippen LogP contribution < -0.4 is 0 Å². The molecule has 1 aromatic rings. The maximum Gasteiger partial charge on any atom is 0.305 e. The van der Waals surface area contributed by atoms with Crippen LogP contribution in [-0.4, -0.2) is 34.3 Å². The van der Waals surface area contributed by atoms with Crippen LogP contribution in [0.4, 0.5) is 0 Å². The van der Waals surface area contributed by atoms with Gasteiger partial charge in [0.25, 0.3) is 0 Å². The van der Waals surface area contributed by atoms with Crippen molar-refractivity contribution in [2.75, 3.05) is 12.4 Å². The van der Waals surface area contributed by atoms with Crippen molar-refractivity contribution in [3.8, 4) is 0 Å². The summed E-state index contributed by atoms with van der Waals surface area (Å²) in [5, 5.41) is 9.61. The summed E-state index contributed by atoms with van der Waals surface area (Å²) in [5.41, 5.74) is 0.739. The van der Waals surface area contributed by atoms with Gasteiger partial charge in [-0.05, 0) is 23.6 Å². The quantitative estimate of drug-likeness (QED) is 0.850. The van der Waals surface area contributed by atoms with Gasteiger partial charge in [0.15, 0.2) is 0 Å². The third-order valence-electron chi connectivity index (χ3n) is 3.43. The van der Waals surface area contributed by atoms with Crippen LogP contribution in [0.2, 0.25) is 5.02 Å². The first-order chi connectivity index (χ1) is 9.51. The fourth-order valence-electron chi connectivity index (χ4n) is 2.50. The minimum absolute atomic E-state index is 0.0538. The summed E-state index contributed by atoms with van der Waals surface area (Å²) in [6, 6.07) is 6.48. The van der Waals surface area contributed by atoms with Crippen molar-refractivity contribution in [2.45, 2.75) is 18.9 Å². The van der Waals surface area contributed by atoms with E-state index in [2.05, 4.69) is 0 Å². The van der Waals surface area contributed by atoms with Gasteiger partial charge in [0.05, 0.1) is 12.5 Å². The fraction of sp³-hybridized carbons (Fsp3) is 0.429. The number of nitrogens with zero attached hydrogens (tertiary/aromatic N) is 1. The molecule has 1 heterocycles. The maximum absolute atomic E-state index is 12.1. The molecule has 0 aliphatic carbocycles. The van der Waals surface area contributed by atoms with E-state index < -0.39 is 12.0 Å². The van der Waals surface area contributed by atoms with E-state index in [1.807, 2.05) is 0 Å². The van der Waals surface area contributed by atoms with Gasteiger partial charge in [-0.3, -0.25) is 9.59 Å². The highest BCUT2D eigenvalue weighted by atomic mass is 35.5. The second kappa shape index (κ2) is 6.46. The zero-order valence-electron chi connectivity index (χ0n) is 10.8. The Balaban J connectivity index is 2.28. The van der Waals surface area contributed by atoms with E-state index in [1.165, 1.54) is 0 Å². The van der Waals surface area contributed by atoms with Crippen molar-refractivity contribution in [1.29, 1.82) is 0 Å². The number of aliphatic carboxylic acids is 1. The molecule has 2 rings (SSSR count). The predicted molar refractivity (Wildman–Crippen MR) is 77.0 cm³/mol. The van der Waals surface area contributed by atoms with Crippen LogP contribution in [0.1, 0.15) is 24.4 Å². The molecule has 20 heavy (non-hydrogen) atoms. The van der Waals surface area contributed by atoms with Crippen molar-refractivity contribution >= 4 is 35.1 Å². The molecular formula is C14H15Cl2NO3. The van der Waals surface area contributed by atoms with Crippen LogP contribution in [-0.2, 0) is 9.59 Å². The van der Waals surface area contributed by atoms with E-state index in [4.69, 9.17) is 28.3 Å². The second-order valence-electron chi connectivity index (χ2n) is 4.94. The lowest BCUT2D eigenvalue weighted by Crippen LogP contribution is -2.32. The molecule has 1 aliphatic heterocycles. The van der Waals surface area contributed by atoms with Crippen LogP contribution in [0.15, 0.2) is 24.3 Å². The van der Waals surface area contributed by atoms with Crippen LogP contribution in [0.5, 0.6) is 0 Å². The van der Waals surface area contributed by atoms with Gasteiger partial charge >= 0.3 is 5.97 Å². The third kappa shape index (κ3) is 3.44.